The Bertz CT molecular complexity index is 494. The Morgan fingerprint density at radius 2 is 1.57 bits per heavy atom. The van der Waals surface area contributed by atoms with E-state index < -0.39 is 23.4 Å². The number of carboxylic acids is 1. The van der Waals surface area contributed by atoms with Crippen molar-refractivity contribution in [3.05, 3.63) is 35.1 Å². The molecule has 1 aliphatic rings. The van der Waals surface area contributed by atoms with Crippen LogP contribution in [0.3, 0.4) is 0 Å². The minimum absolute atomic E-state index is 0.106. The summed E-state index contributed by atoms with van der Waals surface area (Å²) in [5, 5.41) is 8.63. The van der Waals surface area contributed by atoms with Crippen molar-refractivity contribution in [3.63, 3.8) is 0 Å². The molecule has 1 saturated heterocycles. The summed E-state index contributed by atoms with van der Waals surface area (Å²) in [6.07, 6.45) is 0.106. The topological polar surface area (TPSA) is 43.8 Å². The molecule has 1 fully saturated rings. The Kier molecular flexibility index (Phi) is 5.19. The summed E-state index contributed by atoms with van der Waals surface area (Å²) in [5.41, 5.74) is 0.394. The SMILES string of the molecule is O=C(O)CCN1CCN(Cc2cc(F)c(F)c(F)c2)CC1. The van der Waals surface area contributed by atoms with Crippen LogP contribution in [0, 0.1) is 17.5 Å². The molecule has 2 rings (SSSR count). The van der Waals surface area contributed by atoms with Gasteiger partial charge in [-0.1, -0.05) is 0 Å². The van der Waals surface area contributed by atoms with E-state index in [0.29, 0.717) is 44.8 Å². The molecule has 1 N–H and O–H groups in total. The van der Waals surface area contributed by atoms with Crippen LogP contribution in [0.4, 0.5) is 13.2 Å². The van der Waals surface area contributed by atoms with Gasteiger partial charge in [-0.3, -0.25) is 9.69 Å². The number of hydrogen-bond acceptors (Lipinski definition) is 3. The average Bonchev–Trinajstić information content (AvgIpc) is 2.44. The highest BCUT2D eigenvalue weighted by atomic mass is 19.2. The van der Waals surface area contributed by atoms with E-state index >= 15 is 0 Å². The Morgan fingerprint density at radius 1 is 1.05 bits per heavy atom. The second kappa shape index (κ2) is 6.91. The van der Waals surface area contributed by atoms with E-state index in [4.69, 9.17) is 5.11 Å². The van der Waals surface area contributed by atoms with Crippen molar-refractivity contribution >= 4 is 5.97 Å². The summed E-state index contributed by atoms with van der Waals surface area (Å²) in [7, 11) is 0. The van der Waals surface area contributed by atoms with Crippen molar-refractivity contribution < 1.29 is 23.1 Å². The number of halogens is 3. The van der Waals surface area contributed by atoms with Crippen LogP contribution in [-0.4, -0.2) is 53.6 Å². The maximum atomic E-state index is 13.1. The summed E-state index contributed by atoms with van der Waals surface area (Å²) in [6.45, 7) is 3.63. The molecule has 0 spiro atoms. The van der Waals surface area contributed by atoms with Crippen molar-refractivity contribution in [1.82, 2.24) is 9.80 Å². The zero-order valence-corrected chi connectivity index (χ0v) is 11.5. The zero-order chi connectivity index (χ0) is 15.4. The molecular formula is C14H17F3N2O2. The van der Waals surface area contributed by atoms with Gasteiger partial charge >= 0.3 is 5.97 Å². The molecule has 0 amide bonds. The highest BCUT2D eigenvalue weighted by molar-refractivity contribution is 5.66. The minimum Gasteiger partial charge on any atom is -0.481 e. The zero-order valence-electron chi connectivity index (χ0n) is 11.5. The van der Waals surface area contributed by atoms with E-state index in [2.05, 4.69) is 0 Å². The van der Waals surface area contributed by atoms with E-state index in [9.17, 15) is 18.0 Å². The first-order valence-corrected chi connectivity index (χ1v) is 6.75. The summed E-state index contributed by atoms with van der Waals surface area (Å²) in [5.74, 6) is -4.62. The average molecular weight is 302 g/mol. The van der Waals surface area contributed by atoms with Crippen LogP contribution in [-0.2, 0) is 11.3 Å². The molecule has 0 bridgehead atoms. The molecule has 116 valence electrons. The van der Waals surface area contributed by atoms with E-state index in [0.717, 1.165) is 12.1 Å². The molecule has 0 atom stereocenters. The van der Waals surface area contributed by atoms with Gasteiger partial charge in [-0.15, -0.1) is 0 Å². The van der Waals surface area contributed by atoms with E-state index in [1.54, 1.807) is 0 Å². The number of hydrogen-bond donors (Lipinski definition) is 1. The van der Waals surface area contributed by atoms with Gasteiger partial charge in [0.05, 0.1) is 6.42 Å². The number of aliphatic carboxylic acids is 1. The highest BCUT2D eigenvalue weighted by Crippen LogP contribution is 2.16. The van der Waals surface area contributed by atoms with Crippen LogP contribution < -0.4 is 0 Å². The van der Waals surface area contributed by atoms with Crippen molar-refractivity contribution in [2.24, 2.45) is 0 Å². The fourth-order valence-electron chi connectivity index (χ4n) is 2.38. The van der Waals surface area contributed by atoms with Gasteiger partial charge in [0.25, 0.3) is 0 Å². The van der Waals surface area contributed by atoms with Gasteiger partial charge in [0, 0.05) is 39.3 Å². The van der Waals surface area contributed by atoms with Crippen LogP contribution in [0.2, 0.25) is 0 Å². The third kappa shape index (κ3) is 4.44. The van der Waals surface area contributed by atoms with Gasteiger partial charge in [-0.25, -0.2) is 13.2 Å². The number of benzene rings is 1. The molecule has 0 unspecified atom stereocenters. The number of carbonyl (C=O) groups is 1. The highest BCUT2D eigenvalue weighted by Gasteiger charge is 2.18. The third-order valence-electron chi connectivity index (χ3n) is 3.56. The Morgan fingerprint density at radius 3 is 2.10 bits per heavy atom. The fraction of sp³-hybridized carbons (Fsp3) is 0.500. The molecule has 0 saturated carbocycles. The van der Waals surface area contributed by atoms with Gasteiger partial charge in [0.1, 0.15) is 0 Å². The van der Waals surface area contributed by atoms with Gasteiger partial charge in [0.15, 0.2) is 17.5 Å². The van der Waals surface area contributed by atoms with Crippen molar-refractivity contribution in [1.29, 1.82) is 0 Å². The summed E-state index contributed by atoms with van der Waals surface area (Å²) in [4.78, 5) is 14.5. The minimum atomic E-state index is -1.45. The molecule has 7 heteroatoms. The number of nitrogens with zero attached hydrogens (tertiary/aromatic N) is 2. The summed E-state index contributed by atoms with van der Waals surface area (Å²) < 4.78 is 39.1. The molecule has 0 aromatic heterocycles. The molecule has 0 radical (unpaired) electrons. The second-order valence-corrected chi connectivity index (χ2v) is 5.13. The van der Waals surface area contributed by atoms with Gasteiger partial charge in [-0.2, -0.15) is 0 Å². The Balaban J connectivity index is 1.85. The van der Waals surface area contributed by atoms with Crippen LogP contribution in [0.5, 0.6) is 0 Å². The van der Waals surface area contributed by atoms with Gasteiger partial charge < -0.3 is 10.0 Å². The van der Waals surface area contributed by atoms with Crippen molar-refractivity contribution in [2.75, 3.05) is 32.7 Å². The standard InChI is InChI=1S/C14H17F3N2O2/c15-11-7-10(8-12(16)14(11)17)9-19-5-3-18(4-6-19)2-1-13(20)21/h7-8H,1-6,9H2,(H,20,21). The predicted molar refractivity (Wildman–Crippen MR) is 70.3 cm³/mol. The van der Waals surface area contributed by atoms with Gasteiger partial charge in [-0.05, 0) is 17.7 Å². The molecule has 0 aliphatic carbocycles. The van der Waals surface area contributed by atoms with Crippen LogP contribution in [0.15, 0.2) is 12.1 Å². The lowest BCUT2D eigenvalue weighted by Crippen LogP contribution is -2.46. The molecule has 4 nitrogen and oxygen atoms in total. The van der Waals surface area contributed by atoms with Crippen LogP contribution in [0.1, 0.15) is 12.0 Å². The van der Waals surface area contributed by atoms with E-state index in [-0.39, 0.29) is 6.42 Å². The van der Waals surface area contributed by atoms with Crippen molar-refractivity contribution in [3.8, 4) is 0 Å². The lowest BCUT2D eigenvalue weighted by molar-refractivity contribution is -0.137. The normalized spacial score (nSPS) is 17.1. The van der Waals surface area contributed by atoms with E-state index in [1.807, 2.05) is 9.80 Å². The monoisotopic (exact) mass is 302 g/mol. The lowest BCUT2D eigenvalue weighted by Gasteiger charge is -2.34. The summed E-state index contributed by atoms with van der Waals surface area (Å²) in [6, 6.07) is 2.02. The molecule has 1 heterocycles. The molecule has 21 heavy (non-hydrogen) atoms. The fourth-order valence-corrected chi connectivity index (χ4v) is 2.38. The summed E-state index contributed by atoms with van der Waals surface area (Å²) >= 11 is 0. The number of rotatable bonds is 5. The smallest absolute Gasteiger partial charge is 0.304 e. The first-order chi connectivity index (χ1) is 9.95. The van der Waals surface area contributed by atoms with Crippen molar-refractivity contribution in [2.45, 2.75) is 13.0 Å². The lowest BCUT2D eigenvalue weighted by atomic mass is 10.1. The maximum Gasteiger partial charge on any atom is 0.304 e. The maximum absolute atomic E-state index is 13.1. The predicted octanol–water partition coefficient (Wildman–Crippen LogP) is 1.70. The second-order valence-electron chi connectivity index (χ2n) is 5.13. The molecule has 1 aromatic rings. The third-order valence-corrected chi connectivity index (χ3v) is 3.56. The first-order valence-electron chi connectivity index (χ1n) is 6.75. The number of carboxylic acid groups (broad SMARTS) is 1. The Hall–Kier alpha value is -1.60. The molecule has 1 aromatic carbocycles. The number of piperazine rings is 1. The van der Waals surface area contributed by atoms with Gasteiger partial charge in [0.2, 0.25) is 0 Å². The Labute approximate surface area is 120 Å². The quantitative estimate of drug-likeness (QED) is 0.841. The largest absolute Gasteiger partial charge is 0.481 e. The van der Waals surface area contributed by atoms with Crippen LogP contribution in [0.25, 0.3) is 0 Å². The molecule has 1 aliphatic heterocycles. The van der Waals surface area contributed by atoms with Crippen LogP contribution >= 0.6 is 0 Å². The molecular weight excluding hydrogens is 285 g/mol. The van der Waals surface area contributed by atoms with E-state index in [1.165, 1.54) is 0 Å². The first kappa shape index (κ1) is 15.8.